The van der Waals surface area contributed by atoms with E-state index in [4.69, 9.17) is 11.6 Å². The van der Waals surface area contributed by atoms with Crippen molar-refractivity contribution in [3.05, 3.63) is 34.9 Å². The van der Waals surface area contributed by atoms with Gasteiger partial charge in [0.05, 0.1) is 6.10 Å². The van der Waals surface area contributed by atoms with Gasteiger partial charge in [-0.1, -0.05) is 43.6 Å². The minimum atomic E-state index is -0.457. The summed E-state index contributed by atoms with van der Waals surface area (Å²) in [5.74, 6) is 0. The number of benzene rings is 1. The molecule has 1 aromatic rings. The van der Waals surface area contributed by atoms with E-state index < -0.39 is 6.10 Å². The van der Waals surface area contributed by atoms with Crippen LogP contribution in [0.4, 0.5) is 0 Å². The molecule has 1 atom stereocenters. The standard InChI is InChI=1S/C17H26ClNO/c1-3-17(4-2)10-12-19(13-17)11-9-16(20)14-7-5-6-8-15(14)18/h5-8,16,20H,3-4,9-13H2,1-2H3. The summed E-state index contributed by atoms with van der Waals surface area (Å²) in [7, 11) is 0. The minimum Gasteiger partial charge on any atom is -0.388 e. The fraction of sp³-hybridized carbons (Fsp3) is 0.647. The highest BCUT2D eigenvalue weighted by Crippen LogP contribution is 2.37. The molecule has 1 heterocycles. The maximum atomic E-state index is 10.3. The zero-order valence-corrected chi connectivity index (χ0v) is 13.4. The predicted molar refractivity (Wildman–Crippen MR) is 85.1 cm³/mol. The molecule has 1 aromatic carbocycles. The highest BCUT2D eigenvalue weighted by molar-refractivity contribution is 6.31. The quantitative estimate of drug-likeness (QED) is 0.847. The van der Waals surface area contributed by atoms with E-state index in [-0.39, 0.29) is 0 Å². The highest BCUT2D eigenvalue weighted by atomic mass is 35.5. The second-order valence-corrected chi connectivity index (χ2v) is 6.47. The van der Waals surface area contributed by atoms with E-state index in [9.17, 15) is 5.11 Å². The first-order chi connectivity index (χ1) is 9.60. The van der Waals surface area contributed by atoms with Gasteiger partial charge in [-0.25, -0.2) is 0 Å². The molecular weight excluding hydrogens is 270 g/mol. The number of halogens is 1. The van der Waals surface area contributed by atoms with Crippen LogP contribution in [-0.4, -0.2) is 29.6 Å². The van der Waals surface area contributed by atoms with Gasteiger partial charge in [0.2, 0.25) is 0 Å². The van der Waals surface area contributed by atoms with Gasteiger partial charge in [-0.05, 0) is 49.3 Å². The topological polar surface area (TPSA) is 23.5 Å². The van der Waals surface area contributed by atoms with Gasteiger partial charge in [-0.15, -0.1) is 0 Å². The molecule has 0 radical (unpaired) electrons. The van der Waals surface area contributed by atoms with Gasteiger partial charge in [0.1, 0.15) is 0 Å². The second kappa shape index (κ2) is 6.93. The summed E-state index contributed by atoms with van der Waals surface area (Å²) >= 11 is 6.13. The number of hydrogen-bond donors (Lipinski definition) is 1. The van der Waals surface area contributed by atoms with Crippen molar-refractivity contribution in [2.45, 2.75) is 45.6 Å². The normalized spacial score (nSPS) is 20.2. The largest absolute Gasteiger partial charge is 0.388 e. The number of aliphatic hydroxyl groups excluding tert-OH is 1. The fourth-order valence-corrected chi connectivity index (χ4v) is 3.51. The third-order valence-corrected chi connectivity index (χ3v) is 5.34. The third kappa shape index (κ3) is 3.55. The van der Waals surface area contributed by atoms with Crippen LogP contribution < -0.4 is 0 Å². The van der Waals surface area contributed by atoms with Gasteiger partial charge in [-0.2, -0.15) is 0 Å². The molecule has 0 aromatic heterocycles. The molecule has 112 valence electrons. The zero-order valence-electron chi connectivity index (χ0n) is 12.6. The Morgan fingerprint density at radius 3 is 2.60 bits per heavy atom. The number of nitrogens with zero attached hydrogens (tertiary/aromatic N) is 1. The van der Waals surface area contributed by atoms with Crippen LogP contribution in [-0.2, 0) is 0 Å². The molecule has 0 saturated carbocycles. The molecule has 1 fully saturated rings. The zero-order chi connectivity index (χ0) is 14.6. The van der Waals surface area contributed by atoms with Crippen molar-refractivity contribution in [3.8, 4) is 0 Å². The predicted octanol–water partition coefficient (Wildman–Crippen LogP) is 4.28. The molecule has 1 aliphatic rings. The van der Waals surface area contributed by atoms with Crippen LogP contribution in [0.3, 0.4) is 0 Å². The second-order valence-electron chi connectivity index (χ2n) is 6.06. The Labute approximate surface area is 127 Å². The van der Waals surface area contributed by atoms with Crippen molar-refractivity contribution in [3.63, 3.8) is 0 Å². The van der Waals surface area contributed by atoms with Crippen LogP contribution in [0.1, 0.15) is 51.2 Å². The number of likely N-dealkylation sites (tertiary alicyclic amines) is 1. The molecule has 2 rings (SSSR count). The Hall–Kier alpha value is -0.570. The smallest absolute Gasteiger partial charge is 0.0816 e. The van der Waals surface area contributed by atoms with Crippen LogP contribution in [0.5, 0.6) is 0 Å². The van der Waals surface area contributed by atoms with Gasteiger partial charge >= 0.3 is 0 Å². The van der Waals surface area contributed by atoms with E-state index in [1.807, 2.05) is 24.3 Å². The Kier molecular flexibility index (Phi) is 5.48. The summed E-state index contributed by atoms with van der Waals surface area (Å²) in [6.07, 6.45) is 4.11. The monoisotopic (exact) mass is 295 g/mol. The summed E-state index contributed by atoms with van der Waals surface area (Å²) in [6, 6.07) is 7.59. The SMILES string of the molecule is CCC1(CC)CCN(CCC(O)c2ccccc2Cl)C1. The summed E-state index contributed by atoms with van der Waals surface area (Å²) < 4.78 is 0. The van der Waals surface area contributed by atoms with Crippen molar-refractivity contribution in [1.29, 1.82) is 0 Å². The summed E-state index contributed by atoms with van der Waals surface area (Å²) in [5, 5.41) is 11.0. The lowest BCUT2D eigenvalue weighted by atomic mass is 9.82. The average Bonchev–Trinajstić information content (AvgIpc) is 2.89. The molecule has 1 unspecified atom stereocenters. The van der Waals surface area contributed by atoms with Crippen LogP contribution in [0.15, 0.2) is 24.3 Å². The molecule has 1 saturated heterocycles. The molecule has 0 aliphatic carbocycles. The van der Waals surface area contributed by atoms with E-state index >= 15 is 0 Å². The van der Waals surface area contributed by atoms with Gasteiger partial charge in [0.25, 0.3) is 0 Å². The first-order valence-corrected chi connectivity index (χ1v) is 8.13. The summed E-state index contributed by atoms with van der Waals surface area (Å²) in [4.78, 5) is 2.49. The first-order valence-electron chi connectivity index (χ1n) is 7.75. The van der Waals surface area contributed by atoms with Gasteiger partial charge < -0.3 is 10.0 Å². The van der Waals surface area contributed by atoms with Crippen LogP contribution in [0.2, 0.25) is 5.02 Å². The Balaban J connectivity index is 1.86. The molecule has 20 heavy (non-hydrogen) atoms. The van der Waals surface area contributed by atoms with Gasteiger partial charge in [0, 0.05) is 18.1 Å². The lowest BCUT2D eigenvalue weighted by molar-refractivity contribution is 0.143. The van der Waals surface area contributed by atoms with E-state index in [2.05, 4.69) is 18.7 Å². The Bertz CT molecular complexity index is 431. The molecular formula is C17H26ClNO. The summed E-state index contributed by atoms with van der Waals surface area (Å²) in [6.45, 7) is 7.89. The van der Waals surface area contributed by atoms with Gasteiger partial charge in [0.15, 0.2) is 0 Å². The lowest BCUT2D eigenvalue weighted by Gasteiger charge is -2.27. The van der Waals surface area contributed by atoms with Gasteiger partial charge in [-0.3, -0.25) is 0 Å². The van der Waals surface area contributed by atoms with Crippen LogP contribution in [0, 0.1) is 5.41 Å². The molecule has 2 nitrogen and oxygen atoms in total. The summed E-state index contributed by atoms with van der Waals surface area (Å²) in [5.41, 5.74) is 1.36. The Morgan fingerprint density at radius 1 is 1.30 bits per heavy atom. The highest BCUT2D eigenvalue weighted by Gasteiger charge is 2.34. The van der Waals surface area contributed by atoms with Crippen molar-refractivity contribution < 1.29 is 5.11 Å². The van der Waals surface area contributed by atoms with E-state index in [0.717, 1.165) is 25.1 Å². The maximum absolute atomic E-state index is 10.3. The lowest BCUT2D eigenvalue weighted by Crippen LogP contribution is -2.28. The van der Waals surface area contributed by atoms with Crippen molar-refractivity contribution in [2.24, 2.45) is 5.41 Å². The van der Waals surface area contributed by atoms with E-state index in [0.29, 0.717) is 10.4 Å². The van der Waals surface area contributed by atoms with E-state index in [1.54, 1.807) is 0 Å². The molecule has 0 amide bonds. The molecule has 1 aliphatic heterocycles. The fourth-order valence-electron chi connectivity index (χ4n) is 3.25. The maximum Gasteiger partial charge on any atom is 0.0816 e. The molecule has 3 heteroatoms. The van der Waals surface area contributed by atoms with Crippen molar-refractivity contribution in [2.75, 3.05) is 19.6 Å². The molecule has 0 spiro atoms. The van der Waals surface area contributed by atoms with Crippen molar-refractivity contribution in [1.82, 2.24) is 4.90 Å². The van der Waals surface area contributed by atoms with Crippen LogP contribution in [0.25, 0.3) is 0 Å². The average molecular weight is 296 g/mol. The Morgan fingerprint density at radius 2 is 2.00 bits per heavy atom. The third-order valence-electron chi connectivity index (χ3n) is 5.00. The number of rotatable bonds is 6. The first kappa shape index (κ1) is 15.8. The number of aliphatic hydroxyl groups is 1. The van der Waals surface area contributed by atoms with Crippen molar-refractivity contribution >= 4 is 11.6 Å². The molecule has 1 N–H and O–H groups in total. The minimum absolute atomic E-state index is 0.457. The number of hydrogen-bond acceptors (Lipinski definition) is 2. The van der Waals surface area contributed by atoms with E-state index in [1.165, 1.54) is 25.8 Å². The molecule has 0 bridgehead atoms. The van der Waals surface area contributed by atoms with Crippen LogP contribution >= 0.6 is 11.6 Å².